The van der Waals surface area contributed by atoms with E-state index in [9.17, 15) is 8.42 Å². The normalized spacial score (nSPS) is 11.3. The molecule has 25 heavy (non-hydrogen) atoms. The molecule has 0 spiro atoms. The van der Waals surface area contributed by atoms with Gasteiger partial charge in [-0.1, -0.05) is 0 Å². The van der Waals surface area contributed by atoms with Crippen LogP contribution in [0.2, 0.25) is 0 Å². The van der Waals surface area contributed by atoms with Gasteiger partial charge in [0.05, 0.1) is 34.8 Å². The zero-order valence-electron chi connectivity index (χ0n) is 13.3. The lowest BCUT2D eigenvalue weighted by Gasteiger charge is -2.12. The molecule has 0 unspecified atom stereocenters. The van der Waals surface area contributed by atoms with Crippen molar-refractivity contribution in [1.82, 2.24) is 9.97 Å². The minimum Gasteiger partial charge on any atom is -0.496 e. The van der Waals surface area contributed by atoms with Crippen LogP contribution in [0.25, 0.3) is 22.2 Å². The highest BCUT2D eigenvalue weighted by atomic mass is 35.7. The second kappa shape index (κ2) is 6.31. The van der Waals surface area contributed by atoms with Crippen molar-refractivity contribution in [2.24, 2.45) is 0 Å². The Morgan fingerprint density at radius 1 is 1.16 bits per heavy atom. The van der Waals surface area contributed by atoms with E-state index in [1.165, 1.54) is 19.2 Å². The van der Waals surface area contributed by atoms with Crippen molar-refractivity contribution in [3.63, 3.8) is 0 Å². The number of fused-ring (bicyclic) bond motifs is 1. The fourth-order valence-corrected chi connectivity index (χ4v) is 3.31. The molecular weight excluding hydrogens is 362 g/mol. The summed E-state index contributed by atoms with van der Waals surface area (Å²) < 4.78 is 28.5. The van der Waals surface area contributed by atoms with E-state index in [2.05, 4.69) is 16.0 Å². The van der Waals surface area contributed by atoms with Crippen molar-refractivity contribution < 1.29 is 13.2 Å². The molecule has 0 fully saturated rings. The average molecular weight is 374 g/mol. The maximum Gasteiger partial charge on any atom is 0.261 e. The van der Waals surface area contributed by atoms with Crippen LogP contribution in [0.5, 0.6) is 5.75 Å². The Morgan fingerprint density at radius 3 is 2.56 bits per heavy atom. The summed E-state index contributed by atoms with van der Waals surface area (Å²) in [6.45, 7) is 1.71. The number of hydrogen-bond acceptors (Lipinski definition) is 6. The molecule has 0 amide bonds. The van der Waals surface area contributed by atoms with Gasteiger partial charge in [0, 0.05) is 21.6 Å². The molecule has 126 valence electrons. The number of nitrogens with zero attached hydrogens (tertiary/aromatic N) is 3. The van der Waals surface area contributed by atoms with Crippen LogP contribution >= 0.6 is 10.7 Å². The summed E-state index contributed by atoms with van der Waals surface area (Å²) in [4.78, 5) is 8.74. The van der Waals surface area contributed by atoms with Crippen LogP contribution < -0.4 is 4.74 Å². The second-order valence-corrected chi connectivity index (χ2v) is 7.83. The molecule has 1 aromatic heterocycles. The molecule has 3 rings (SSSR count). The van der Waals surface area contributed by atoms with Crippen LogP contribution in [0.1, 0.15) is 11.4 Å². The average Bonchev–Trinajstić information content (AvgIpc) is 2.59. The van der Waals surface area contributed by atoms with Crippen molar-refractivity contribution >= 4 is 30.6 Å². The molecule has 0 saturated carbocycles. The number of nitriles is 1. The molecule has 0 bridgehead atoms. The van der Waals surface area contributed by atoms with E-state index in [4.69, 9.17) is 20.7 Å². The van der Waals surface area contributed by atoms with Gasteiger partial charge in [0.25, 0.3) is 9.05 Å². The van der Waals surface area contributed by atoms with Gasteiger partial charge in [-0.05, 0) is 43.3 Å². The van der Waals surface area contributed by atoms with Gasteiger partial charge < -0.3 is 4.74 Å². The maximum absolute atomic E-state index is 11.6. The van der Waals surface area contributed by atoms with E-state index in [-0.39, 0.29) is 4.90 Å². The standard InChI is InChI=1S/C17H12ClN3O3S/c1-10-20-15-8-12(25(18,22)23)4-6-13(15)17(21-10)14-5-3-11(9-19)7-16(14)24-2/h3-8H,1-2H3. The first-order valence-corrected chi connectivity index (χ1v) is 9.46. The minimum atomic E-state index is -3.86. The molecule has 0 atom stereocenters. The first kappa shape index (κ1) is 17.1. The Bertz CT molecular complexity index is 1140. The van der Waals surface area contributed by atoms with Crippen LogP contribution in [0.3, 0.4) is 0 Å². The Labute approximate surface area is 149 Å². The lowest BCUT2D eigenvalue weighted by molar-refractivity contribution is 0.416. The highest BCUT2D eigenvalue weighted by Crippen LogP contribution is 2.34. The molecule has 2 aromatic carbocycles. The maximum atomic E-state index is 11.6. The molecule has 8 heteroatoms. The Balaban J connectivity index is 2.32. The molecule has 0 saturated heterocycles. The van der Waals surface area contributed by atoms with Crippen LogP contribution in [0, 0.1) is 18.3 Å². The fourth-order valence-electron chi connectivity index (χ4n) is 2.54. The number of halogens is 1. The second-order valence-electron chi connectivity index (χ2n) is 5.26. The van der Waals surface area contributed by atoms with Gasteiger partial charge in [-0.15, -0.1) is 0 Å². The number of methoxy groups -OCH3 is 1. The summed E-state index contributed by atoms with van der Waals surface area (Å²) in [5, 5.41) is 9.69. The first-order valence-electron chi connectivity index (χ1n) is 7.15. The van der Waals surface area contributed by atoms with Crippen LogP contribution in [-0.4, -0.2) is 25.5 Å². The van der Waals surface area contributed by atoms with E-state index in [1.807, 2.05) is 0 Å². The third-order valence-electron chi connectivity index (χ3n) is 3.65. The summed E-state index contributed by atoms with van der Waals surface area (Å²) in [6, 6.07) is 11.5. The van der Waals surface area contributed by atoms with Crippen molar-refractivity contribution in [3.8, 4) is 23.1 Å². The van der Waals surface area contributed by atoms with E-state index < -0.39 is 9.05 Å². The molecular formula is C17H12ClN3O3S. The summed E-state index contributed by atoms with van der Waals surface area (Å²) >= 11 is 0. The molecule has 3 aromatic rings. The lowest BCUT2D eigenvalue weighted by Crippen LogP contribution is -1.98. The van der Waals surface area contributed by atoms with Crippen LogP contribution in [-0.2, 0) is 9.05 Å². The zero-order chi connectivity index (χ0) is 18.2. The van der Waals surface area contributed by atoms with Crippen molar-refractivity contribution in [3.05, 3.63) is 47.8 Å². The highest BCUT2D eigenvalue weighted by molar-refractivity contribution is 8.13. The fraction of sp³-hybridized carbons (Fsp3) is 0.118. The molecule has 1 heterocycles. The van der Waals surface area contributed by atoms with Crippen LogP contribution in [0.15, 0.2) is 41.3 Å². The molecule has 0 aliphatic carbocycles. The molecule has 6 nitrogen and oxygen atoms in total. The third kappa shape index (κ3) is 3.27. The van der Waals surface area contributed by atoms with E-state index in [0.29, 0.717) is 39.3 Å². The predicted molar refractivity (Wildman–Crippen MR) is 94.0 cm³/mol. The first-order chi connectivity index (χ1) is 11.8. The van der Waals surface area contributed by atoms with Crippen molar-refractivity contribution in [1.29, 1.82) is 5.26 Å². The predicted octanol–water partition coefficient (Wildman–Crippen LogP) is 3.41. The van der Waals surface area contributed by atoms with E-state index >= 15 is 0 Å². The third-order valence-corrected chi connectivity index (χ3v) is 5.00. The summed E-state index contributed by atoms with van der Waals surface area (Å²) in [6.07, 6.45) is 0. The SMILES string of the molecule is COc1cc(C#N)ccc1-c1nc(C)nc2cc(S(=O)(=O)Cl)ccc12. The number of ether oxygens (including phenoxy) is 1. The highest BCUT2D eigenvalue weighted by Gasteiger charge is 2.16. The van der Waals surface area contributed by atoms with Crippen LogP contribution in [0.4, 0.5) is 0 Å². The zero-order valence-corrected chi connectivity index (χ0v) is 14.9. The number of aryl methyl sites for hydroxylation is 1. The number of rotatable bonds is 3. The number of aromatic nitrogens is 2. The van der Waals surface area contributed by atoms with Gasteiger partial charge in [-0.2, -0.15) is 5.26 Å². The number of benzene rings is 2. The Morgan fingerprint density at radius 2 is 1.92 bits per heavy atom. The Hall–Kier alpha value is -2.69. The van der Waals surface area contributed by atoms with Crippen molar-refractivity contribution in [2.75, 3.05) is 7.11 Å². The topological polar surface area (TPSA) is 92.9 Å². The van der Waals surface area contributed by atoms with Gasteiger partial charge in [0.1, 0.15) is 11.6 Å². The molecule has 0 aliphatic rings. The number of hydrogen-bond donors (Lipinski definition) is 0. The largest absolute Gasteiger partial charge is 0.496 e. The van der Waals surface area contributed by atoms with E-state index in [1.54, 1.807) is 31.2 Å². The molecule has 0 aliphatic heterocycles. The lowest BCUT2D eigenvalue weighted by atomic mass is 10.0. The molecule has 0 radical (unpaired) electrons. The molecule has 0 N–H and O–H groups in total. The Kier molecular flexibility index (Phi) is 4.33. The van der Waals surface area contributed by atoms with Gasteiger partial charge in [-0.25, -0.2) is 18.4 Å². The van der Waals surface area contributed by atoms with Gasteiger partial charge in [-0.3, -0.25) is 0 Å². The van der Waals surface area contributed by atoms with Gasteiger partial charge in [0.15, 0.2) is 0 Å². The monoisotopic (exact) mass is 373 g/mol. The van der Waals surface area contributed by atoms with Gasteiger partial charge >= 0.3 is 0 Å². The summed E-state index contributed by atoms with van der Waals surface area (Å²) in [7, 11) is 3.07. The summed E-state index contributed by atoms with van der Waals surface area (Å²) in [5.74, 6) is 0.963. The smallest absolute Gasteiger partial charge is 0.261 e. The summed E-state index contributed by atoms with van der Waals surface area (Å²) in [5.41, 5.74) is 2.18. The minimum absolute atomic E-state index is 0.0301. The quantitative estimate of drug-likeness (QED) is 0.653. The van der Waals surface area contributed by atoms with Gasteiger partial charge in [0.2, 0.25) is 0 Å². The van der Waals surface area contributed by atoms with E-state index in [0.717, 1.165) is 0 Å². The van der Waals surface area contributed by atoms with Crippen molar-refractivity contribution in [2.45, 2.75) is 11.8 Å².